The Hall–Kier alpha value is -0.450. The molecule has 4 unspecified atom stereocenters. The van der Waals surface area contributed by atoms with Crippen LogP contribution >= 0.6 is 0 Å². The SMILES string of the molecule is COCCOCOC12CCCCC1(C(C)=O)CC1CCCCC1C2. The van der Waals surface area contributed by atoms with E-state index in [0.717, 1.165) is 43.9 Å². The molecule has 3 saturated carbocycles. The molecule has 0 saturated heterocycles. The van der Waals surface area contributed by atoms with Crippen LogP contribution in [0.2, 0.25) is 0 Å². The zero-order chi connectivity index (χ0) is 17.0. The van der Waals surface area contributed by atoms with Gasteiger partial charge in [0.15, 0.2) is 0 Å². The summed E-state index contributed by atoms with van der Waals surface area (Å²) in [5, 5.41) is 0. The minimum atomic E-state index is -0.289. The van der Waals surface area contributed by atoms with E-state index >= 15 is 0 Å². The largest absolute Gasteiger partial charge is 0.382 e. The molecule has 0 radical (unpaired) electrons. The van der Waals surface area contributed by atoms with Gasteiger partial charge in [0.2, 0.25) is 0 Å². The second-order valence-electron chi connectivity index (χ2n) is 8.22. The number of fused-ring (bicyclic) bond motifs is 2. The van der Waals surface area contributed by atoms with Crippen molar-refractivity contribution in [2.75, 3.05) is 27.1 Å². The first-order valence-corrected chi connectivity index (χ1v) is 9.85. The fourth-order valence-electron chi connectivity index (χ4n) is 5.85. The third-order valence-corrected chi connectivity index (χ3v) is 7.10. The average molecular weight is 338 g/mol. The van der Waals surface area contributed by atoms with Crippen LogP contribution in [0.3, 0.4) is 0 Å². The lowest BCUT2D eigenvalue weighted by atomic mass is 9.48. The predicted octanol–water partition coefficient (Wildman–Crippen LogP) is 4.11. The first-order chi connectivity index (χ1) is 11.6. The molecule has 0 bridgehead atoms. The lowest BCUT2D eigenvalue weighted by molar-refractivity contribution is -0.239. The summed E-state index contributed by atoms with van der Waals surface area (Å²) in [7, 11) is 1.68. The first-order valence-electron chi connectivity index (χ1n) is 9.85. The maximum atomic E-state index is 12.8. The van der Waals surface area contributed by atoms with Crippen molar-refractivity contribution in [3.05, 3.63) is 0 Å². The Morgan fingerprint density at radius 3 is 2.42 bits per heavy atom. The first kappa shape index (κ1) is 18.3. The molecule has 138 valence electrons. The molecule has 0 amide bonds. The molecular weight excluding hydrogens is 304 g/mol. The van der Waals surface area contributed by atoms with Gasteiger partial charge in [-0.05, 0) is 44.4 Å². The summed E-state index contributed by atoms with van der Waals surface area (Å²) < 4.78 is 17.1. The maximum Gasteiger partial charge on any atom is 0.147 e. The summed E-state index contributed by atoms with van der Waals surface area (Å²) in [6.07, 6.45) is 11.8. The molecule has 3 rings (SSSR count). The molecule has 3 fully saturated rings. The van der Waals surface area contributed by atoms with Gasteiger partial charge >= 0.3 is 0 Å². The highest BCUT2D eigenvalue weighted by atomic mass is 16.7. The van der Waals surface area contributed by atoms with E-state index in [9.17, 15) is 4.79 Å². The van der Waals surface area contributed by atoms with Crippen LogP contribution in [0, 0.1) is 17.3 Å². The zero-order valence-corrected chi connectivity index (χ0v) is 15.5. The van der Waals surface area contributed by atoms with Crippen LogP contribution < -0.4 is 0 Å². The number of Topliss-reactive ketones (excluding diaryl/α,β-unsaturated/α-hetero) is 1. The number of methoxy groups -OCH3 is 1. The van der Waals surface area contributed by atoms with Crippen LogP contribution in [0.15, 0.2) is 0 Å². The molecule has 0 aromatic rings. The van der Waals surface area contributed by atoms with E-state index in [-0.39, 0.29) is 17.8 Å². The molecule has 4 atom stereocenters. The van der Waals surface area contributed by atoms with Gasteiger partial charge < -0.3 is 14.2 Å². The van der Waals surface area contributed by atoms with Crippen LogP contribution in [-0.2, 0) is 19.0 Å². The summed E-state index contributed by atoms with van der Waals surface area (Å²) in [6, 6.07) is 0. The fraction of sp³-hybridized carbons (Fsp3) is 0.950. The van der Waals surface area contributed by atoms with Gasteiger partial charge in [-0.3, -0.25) is 4.79 Å². The van der Waals surface area contributed by atoms with Gasteiger partial charge in [0.25, 0.3) is 0 Å². The highest BCUT2D eigenvalue weighted by molar-refractivity contribution is 5.84. The van der Waals surface area contributed by atoms with Gasteiger partial charge in [0, 0.05) is 7.11 Å². The van der Waals surface area contributed by atoms with E-state index in [1.54, 1.807) is 14.0 Å². The molecule has 0 heterocycles. The van der Waals surface area contributed by atoms with Crippen molar-refractivity contribution in [2.24, 2.45) is 17.3 Å². The van der Waals surface area contributed by atoms with Crippen molar-refractivity contribution >= 4 is 5.78 Å². The summed E-state index contributed by atoms with van der Waals surface area (Å²) in [5.41, 5.74) is -0.558. The Kier molecular flexibility index (Phi) is 5.99. The minimum Gasteiger partial charge on any atom is -0.382 e. The number of ketones is 1. The van der Waals surface area contributed by atoms with Gasteiger partial charge in [0.05, 0.1) is 24.2 Å². The van der Waals surface area contributed by atoms with Gasteiger partial charge in [-0.25, -0.2) is 0 Å². The lowest BCUT2D eigenvalue weighted by Gasteiger charge is -2.59. The molecule has 0 spiro atoms. The zero-order valence-electron chi connectivity index (χ0n) is 15.5. The van der Waals surface area contributed by atoms with Crippen molar-refractivity contribution in [3.8, 4) is 0 Å². The molecule has 4 heteroatoms. The molecule has 0 aromatic heterocycles. The number of carbonyl (C=O) groups is 1. The van der Waals surface area contributed by atoms with E-state index < -0.39 is 0 Å². The Morgan fingerprint density at radius 2 is 1.71 bits per heavy atom. The van der Waals surface area contributed by atoms with E-state index in [4.69, 9.17) is 14.2 Å². The standard InChI is InChI=1S/C20H34O4/c1-16(21)19-9-5-6-10-20(19,24-15-23-12-11-22-2)14-18-8-4-3-7-17(18)13-19/h17-18H,3-15H2,1-2H3. The van der Waals surface area contributed by atoms with Crippen molar-refractivity contribution in [1.29, 1.82) is 0 Å². The van der Waals surface area contributed by atoms with Crippen molar-refractivity contribution < 1.29 is 19.0 Å². The number of rotatable bonds is 7. The number of ether oxygens (including phenoxy) is 3. The van der Waals surface area contributed by atoms with Gasteiger partial charge in [-0.15, -0.1) is 0 Å². The Bertz CT molecular complexity index is 437. The molecule has 0 N–H and O–H groups in total. The highest BCUT2D eigenvalue weighted by Crippen LogP contribution is 2.60. The number of carbonyl (C=O) groups excluding carboxylic acids is 1. The molecular formula is C20H34O4. The second kappa shape index (κ2) is 7.84. The summed E-state index contributed by atoms with van der Waals surface area (Å²) in [6.45, 7) is 3.22. The maximum absolute atomic E-state index is 12.8. The summed E-state index contributed by atoms with van der Waals surface area (Å²) >= 11 is 0. The van der Waals surface area contributed by atoms with Gasteiger partial charge in [0.1, 0.15) is 12.6 Å². The third kappa shape index (κ3) is 3.30. The average Bonchev–Trinajstić information content (AvgIpc) is 2.59. The van der Waals surface area contributed by atoms with Crippen LogP contribution in [0.4, 0.5) is 0 Å². The van der Waals surface area contributed by atoms with Crippen LogP contribution in [0.1, 0.15) is 71.1 Å². The fourth-order valence-corrected chi connectivity index (χ4v) is 5.85. The number of hydrogen-bond acceptors (Lipinski definition) is 4. The van der Waals surface area contributed by atoms with Gasteiger partial charge in [-0.1, -0.05) is 38.5 Å². The molecule has 3 aliphatic rings. The quantitative estimate of drug-likeness (QED) is 0.517. The third-order valence-electron chi connectivity index (χ3n) is 7.10. The van der Waals surface area contributed by atoms with Gasteiger partial charge in [-0.2, -0.15) is 0 Å². The molecule has 0 aliphatic heterocycles. The number of hydrogen-bond donors (Lipinski definition) is 0. The highest BCUT2D eigenvalue weighted by Gasteiger charge is 2.61. The molecule has 4 nitrogen and oxygen atoms in total. The molecule has 0 aromatic carbocycles. The smallest absolute Gasteiger partial charge is 0.147 e. The molecule has 24 heavy (non-hydrogen) atoms. The van der Waals surface area contributed by atoms with Crippen molar-refractivity contribution in [1.82, 2.24) is 0 Å². The van der Waals surface area contributed by atoms with Crippen molar-refractivity contribution in [2.45, 2.75) is 76.7 Å². The Morgan fingerprint density at radius 1 is 1.00 bits per heavy atom. The second-order valence-corrected chi connectivity index (χ2v) is 8.22. The predicted molar refractivity (Wildman–Crippen MR) is 92.8 cm³/mol. The topological polar surface area (TPSA) is 44.8 Å². The minimum absolute atomic E-state index is 0.269. The van der Waals surface area contributed by atoms with Crippen LogP contribution in [-0.4, -0.2) is 38.5 Å². The summed E-state index contributed by atoms with van der Waals surface area (Å²) in [5.74, 6) is 1.82. The Labute approximate surface area is 146 Å². The normalized spacial score (nSPS) is 39.1. The van der Waals surface area contributed by atoms with Crippen molar-refractivity contribution in [3.63, 3.8) is 0 Å². The van der Waals surface area contributed by atoms with E-state index in [2.05, 4.69) is 0 Å². The van der Waals surface area contributed by atoms with E-state index in [1.165, 1.54) is 32.1 Å². The monoisotopic (exact) mass is 338 g/mol. The summed E-state index contributed by atoms with van der Waals surface area (Å²) in [4.78, 5) is 12.8. The van der Waals surface area contributed by atoms with Crippen LogP contribution in [0.25, 0.3) is 0 Å². The molecule has 3 aliphatic carbocycles. The van der Waals surface area contributed by atoms with E-state index in [0.29, 0.717) is 19.0 Å². The van der Waals surface area contributed by atoms with E-state index in [1.807, 2.05) is 0 Å². The lowest BCUT2D eigenvalue weighted by Crippen LogP contribution is -2.61. The van der Waals surface area contributed by atoms with Crippen LogP contribution in [0.5, 0.6) is 0 Å². The Balaban J connectivity index is 1.78.